The van der Waals surface area contributed by atoms with Crippen LogP contribution < -0.4 is 9.64 Å². The number of fused-ring (bicyclic) bond motifs is 1. The molecule has 1 atom stereocenters. The first-order valence-corrected chi connectivity index (χ1v) is 8.56. The molecule has 1 N–H and O–H groups in total. The van der Waals surface area contributed by atoms with Gasteiger partial charge >= 0.3 is 12.0 Å². The minimum atomic E-state index is -1.11. The van der Waals surface area contributed by atoms with Crippen LogP contribution in [0.1, 0.15) is 34.5 Å². The zero-order chi connectivity index (χ0) is 19.9. The topological polar surface area (TPSA) is 70.1 Å². The molecule has 3 rings (SSSR count). The van der Waals surface area contributed by atoms with Crippen molar-refractivity contribution < 1.29 is 23.8 Å². The smallest absolute Gasteiger partial charge is 0.335 e. The molecular weight excluding hydrogens is 375 g/mol. The number of carbonyl (C=O) groups excluding carboxylic acids is 1. The van der Waals surface area contributed by atoms with E-state index in [-0.39, 0.29) is 34.8 Å². The van der Waals surface area contributed by atoms with Crippen molar-refractivity contribution in [3.8, 4) is 5.75 Å². The zero-order valence-electron chi connectivity index (χ0n) is 15.0. The van der Waals surface area contributed by atoms with Gasteiger partial charge in [0.05, 0.1) is 36.0 Å². The number of nitrogens with zero attached hydrogens (tertiary/aromatic N) is 2. The summed E-state index contributed by atoms with van der Waals surface area (Å²) in [6, 6.07) is 6.57. The predicted octanol–water partition coefficient (Wildman–Crippen LogP) is 4.32. The van der Waals surface area contributed by atoms with Crippen LogP contribution in [0.3, 0.4) is 0 Å². The van der Waals surface area contributed by atoms with Crippen molar-refractivity contribution in [2.75, 3.05) is 19.1 Å². The van der Waals surface area contributed by atoms with E-state index < -0.39 is 11.8 Å². The quantitative estimate of drug-likeness (QED) is 0.841. The first-order chi connectivity index (χ1) is 12.8. The molecule has 1 heterocycles. The Bertz CT molecular complexity index is 934. The fourth-order valence-corrected chi connectivity index (χ4v) is 3.41. The molecule has 0 saturated heterocycles. The molecule has 0 spiro atoms. The maximum absolute atomic E-state index is 14.4. The van der Waals surface area contributed by atoms with E-state index in [2.05, 4.69) is 0 Å². The number of carboxylic acids is 1. The van der Waals surface area contributed by atoms with E-state index in [0.29, 0.717) is 11.4 Å². The SMILES string of the molecule is COc1ccc(F)c(CN2C(=O)N(C)[C@@H](C)c3ccc(C(=O)O)cc32)c1Cl. The van der Waals surface area contributed by atoms with Crippen LogP contribution in [0.4, 0.5) is 14.9 Å². The fourth-order valence-electron chi connectivity index (χ4n) is 3.12. The van der Waals surface area contributed by atoms with Crippen molar-refractivity contribution in [3.05, 3.63) is 57.9 Å². The molecule has 6 nitrogen and oxygen atoms in total. The second kappa shape index (κ2) is 7.08. The van der Waals surface area contributed by atoms with Gasteiger partial charge in [-0.2, -0.15) is 0 Å². The third-order valence-electron chi connectivity index (χ3n) is 4.82. The monoisotopic (exact) mass is 392 g/mol. The molecular formula is C19H18ClFN2O4. The van der Waals surface area contributed by atoms with Crippen LogP contribution in [-0.4, -0.2) is 36.2 Å². The lowest BCUT2D eigenvalue weighted by molar-refractivity contribution is 0.0696. The number of carboxylic acid groups (broad SMARTS) is 1. The van der Waals surface area contributed by atoms with E-state index in [0.717, 1.165) is 5.56 Å². The Morgan fingerprint density at radius 1 is 1.33 bits per heavy atom. The Morgan fingerprint density at radius 2 is 2.04 bits per heavy atom. The zero-order valence-corrected chi connectivity index (χ0v) is 15.7. The first-order valence-electron chi connectivity index (χ1n) is 8.18. The molecule has 0 aromatic heterocycles. The molecule has 142 valence electrons. The number of benzene rings is 2. The third-order valence-corrected chi connectivity index (χ3v) is 5.23. The minimum Gasteiger partial charge on any atom is -0.495 e. The molecule has 8 heteroatoms. The number of urea groups is 1. The number of hydrogen-bond acceptors (Lipinski definition) is 3. The second-order valence-electron chi connectivity index (χ2n) is 6.28. The Balaban J connectivity index is 2.13. The number of ether oxygens (including phenoxy) is 1. The van der Waals surface area contributed by atoms with E-state index >= 15 is 0 Å². The van der Waals surface area contributed by atoms with E-state index in [4.69, 9.17) is 16.3 Å². The van der Waals surface area contributed by atoms with Crippen LogP contribution in [0.5, 0.6) is 5.75 Å². The molecule has 1 aliphatic rings. The van der Waals surface area contributed by atoms with Gasteiger partial charge in [-0.25, -0.2) is 14.0 Å². The summed E-state index contributed by atoms with van der Waals surface area (Å²) in [5, 5.41) is 9.36. The number of aromatic carboxylic acids is 1. The van der Waals surface area contributed by atoms with Gasteiger partial charge in [0.15, 0.2) is 0 Å². The summed E-state index contributed by atoms with van der Waals surface area (Å²) in [6.07, 6.45) is 0. The second-order valence-corrected chi connectivity index (χ2v) is 6.65. The molecule has 0 radical (unpaired) electrons. The van der Waals surface area contributed by atoms with Gasteiger partial charge in [-0.3, -0.25) is 4.90 Å². The molecule has 1 aliphatic heterocycles. The van der Waals surface area contributed by atoms with E-state index in [9.17, 15) is 19.1 Å². The molecule has 2 aromatic rings. The van der Waals surface area contributed by atoms with Crippen LogP contribution in [0.2, 0.25) is 5.02 Å². The maximum atomic E-state index is 14.4. The summed E-state index contributed by atoms with van der Waals surface area (Å²) in [5.74, 6) is -1.40. The van der Waals surface area contributed by atoms with Crippen LogP contribution in [0.25, 0.3) is 0 Å². The largest absolute Gasteiger partial charge is 0.495 e. The highest BCUT2D eigenvalue weighted by molar-refractivity contribution is 6.32. The molecule has 0 unspecified atom stereocenters. The molecule has 0 aliphatic carbocycles. The summed E-state index contributed by atoms with van der Waals surface area (Å²) in [4.78, 5) is 27.1. The molecule has 2 amide bonds. The highest BCUT2D eigenvalue weighted by atomic mass is 35.5. The summed E-state index contributed by atoms with van der Waals surface area (Å²) in [5.41, 5.74) is 1.32. The lowest BCUT2D eigenvalue weighted by atomic mass is 9.98. The van der Waals surface area contributed by atoms with E-state index in [1.807, 2.05) is 6.92 Å². The minimum absolute atomic E-state index is 0.0421. The standard InChI is InChI=1S/C19H18ClFN2O4/c1-10-12-5-4-11(18(24)25)8-15(12)23(19(26)22(10)2)9-13-14(21)6-7-16(27-3)17(13)20/h4-8,10H,9H2,1-3H3,(H,24,25)/t10-/m0/s1. The number of methoxy groups -OCH3 is 1. The Hall–Kier alpha value is -2.80. The Morgan fingerprint density at radius 3 is 2.67 bits per heavy atom. The molecule has 27 heavy (non-hydrogen) atoms. The van der Waals surface area contributed by atoms with Gasteiger partial charge in [0.2, 0.25) is 0 Å². The van der Waals surface area contributed by atoms with Gasteiger partial charge < -0.3 is 14.7 Å². The molecule has 0 fully saturated rings. The number of halogens is 2. The highest BCUT2D eigenvalue weighted by Crippen LogP contribution is 2.39. The highest BCUT2D eigenvalue weighted by Gasteiger charge is 2.34. The third kappa shape index (κ3) is 3.19. The lowest BCUT2D eigenvalue weighted by Gasteiger charge is -2.39. The van der Waals surface area contributed by atoms with Crippen molar-refractivity contribution in [1.82, 2.24) is 4.90 Å². The fraction of sp³-hybridized carbons (Fsp3) is 0.263. The number of anilines is 1. The van der Waals surface area contributed by atoms with Crippen LogP contribution in [0.15, 0.2) is 30.3 Å². The first kappa shape index (κ1) is 19.0. The summed E-state index contributed by atoms with van der Waals surface area (Å²) >= 11 is 6.24. The number of carbonyl (C=O) groups is 2. The molecule has 0 bridgehead atoms. The van der Waals surface area contributed by atoms with E-state index in [1.54, 1.807) is 13.1 Å². The van der Waals surface area contributed by atoms with Crippen molar-refractivity contribution >= 4 is 29.3 Å². The van der Waals surface area contributed by atoms with Gasteiger partial charge in [0.25, 0.3) is 0 Å². The molecule has 2 aromatic carbocycles. The molecule has 0 saturated carbocycles. The normalized spacial score (nSPS) is 16.3. The summed E-state index contributed by atoms with van der Waals surface area (Å²) in [6.45, 7) is 1.68. The maximum Gasteiger partial charge on any atom is 0.335 e. The summed E-state index contributed by atoms with van der Waals surface area (Å²) in [7, 11) is 3.05. The van der Waals surface area contributed by atoms with Gasteiger partial charge in [0, 0.05) is 12.6 Å². The van der Waals surface area contributed by atoms with Crippen LogP contribution in [-0.2, 0) is 6.54 Å². The average molecular weight is 393 g/mol. The number of hydrogen-bond donors (Lipinski definition) is 1. The van der Waals surface area contributed by atoms with Crippen molar-refractivity contribution in [2.24, 2.45) is 0 Å². The van der Waals surface area contributed by atoms with Crippen LogP contribution >= 0.6 is 11.6 Å². The van der Waals surface area contributed by atoms with Gasteiger partial charge in [-0.05, 0) is 36.8 Å². The van der Waals surface area contributed by atoms with Gasteiger partial charge in [-0.15, -0.1) is 0 Å². The number of rotatable bonds is 4. The Labute approximate surface area is 160 Å². The van der Waals surface area contributed by atoms with Gasteiger partial charge in [0.1, 0.15) is 11.6 Å². The van der Waals surface area contributed by atoms with Crippen molar-refractivity contribution in [3.63, 3.8) is 0 Å². The Kier molecular flexibility index (Phi) is 4.97. The lowest BCUT2D eigenvalue weighted by Crippen LogP contribution is -2.46. The average Bonchev–Trinajstić information content (AvgIpc) is 2.65. The predicted molar refractivity (Wildman–Crippen MR) is 99.1 cm³/mol. The summed E-state index contributed by atoms with van der Waals surface area (Å²) < 4.78 is 19.5. The van der Waals surface area contributed by atoms with Gasteiger partial charge in [-0.1, -0.05) is 17.7 Å². The van der Waals surface area contributed by atoms with Crippen molar-refractivity contribution in [2.45, 2.75) is 19.5 Å². The number of amides is 2. The van der Waals surface area contributed by atoms with Crippen LogP contribution in [0, 0.1) is 5.82 Å². The van der Waals surface area contributed by atoms with E-state index in [1.165, 1.54) is 41.2 Å². The van der Waals surface area contributed by atoms with Crippen molar-refractivity contribution in [1.29, 1.82) is 0 Å².